The number of azo groups is 1. The van der Waals surface area contributed by atoms with Gasteiger partial charge < -0.3 is 10.6 Å². The van der Waals surface area contributed by atoms with Gasteiger partial charge in [0, 0.05) is 49.4 Å². The zero-order chi connectivity index (χ0) is 57.4. The maximum absolute atomic E-state index is 13.6. The maximum atomic E-state index is 13.6. The summed E-state index contributed by atoms with van der Waals surface area (Å²) in [6, 6.07) is 102. The smallest absolute Gasteiger partial charge is 0.224 e. The Morgan fingerprint density at radius 2 is 0.488 bits per heavy atom. The number of nitrogens with zero attached hydrogens (tertiary/aromatic N) is 4. The molecule has 10 aromatic rings. The van der Waals surface area contributed by atoms with Crippen LogP contribution in [-0.4, -0.2) is 59.8 Å². The molecule has 0 radical (unpaired) electrons. The van der Waals surface area contributed by atoms with Crippen molar-refractivity contribution in [3.8, 4) is 0 Å². The van der Waals surface area contributed by atoms with Gasteiger partial charge in [-0.1, -0.05) is 243 Å². The standard InChI is InChI=1S/C72H70N6O2P4/c79-71(43-25-53-77(55-81(63-27-9-1-10-28-63)64-29-11-2-12-30-64)56-82(65-31-13-3-14-32-65)66-33-15-4-16-34-66)73-59-45-49-61(50-46-59)75-76-62-51-47-60(48-52-62)74-72(80)44-26-54-78(57-83(67-35-17-5-18-36-67)68-37-19-6-20-38-68)58-84(69-39-21-7-22-40-69)70-41-23-8-24-42-70/h1-24,27-42,45-52H,25-26,43-44,53-58H2,(H,73,79)(H,74,80). The minimum absolute atomic E-state index is 0.0201. The van der Waals surface area contributed by atoms with Gasteiger partial charge in [-0.3, -0.25) is 19.4 Å². The lowest BCUT2D eigenvalue weighted by atomic mass is 10.2. The molecule has 0 fully saturated rings. The first-order valence-corrected chi connectivity index (χ1v) is 34.7. The Hall–Kier alpha value is -7.62. The van der Waals surface area contributed by atoms with Gasteiger partial charge in [0.05, 0.1) is 11.4 Å². The molecule has 0 aliphatic carbocycles. The summed E-state index contributed by atoms with van der Waals surface area (Å²) in [5, 5.41) is 26.0. The normalized spacial score (nSPS) is 11.5. The molecule has 12 heteroatoms. The van der Waals surface area contributed by atoms with Crippen LogP contribution in [0.4, 0.5) is 22.7 Å². The van der Waals surface area contributed by atoms with Crippen LogP contribution in [0.2, 0.25) is 0 Å². The van der Waals surface area contributed by atoms with Crippen LogP contribution in [-0.2, 0) is 9.59 Å². The van der Waals surface area contributed by atoms with Crippen LogP contribution in [0.3, 0.4) is 0 Å². The zero-order valence-electron chi connectivity index (χ0n) is 47.2. The maximum Gasteiger partial charge on any atom is 0.224 e. The van der Waals surface area contributed by atoms with E-state index < -0.39 is 31.7 Å². The Morgan fingerprint density at radius 1 is 0.286 bits per heavy atom. The first kappa shape index (κ1) is 59.5. The van der Waals surface area contributed by atoms with E-state index in [0.29, 0.717) is 35.6 Å². The molecule has 0 aliphatic rings. The molecule has 0 aliphatic heterocycles. The van der Waals surface area contributed by atoms with Crippen molar-refractivity contribution in [3.05, 3.63) is 291 Å². The second kappa shape index (κ2) is 31.9. The Morgan fingerprint density at radius 3 is 0.690 bits per heavy atom. The highest BCUT2D eigenvalue weighted by molar-refractivity contribution is 7.74. The summed E-state index contributed by atoms with van der Waals surface area (Å²) in [4.78, 5) is 32.3. The number of hydrogen-bond acceptors (Lipinski definition) is 6. The van der Waals surface area contributed by atoms with Gasteiger partial charge in [-0.05, 0) is 149 Å². The number of hydrogen-bond donors (Lipinski definition) is 2. The highest BCUT2D eigenvalue weighted by Gasteiger charge is 2.25. The highest BCUT2D eigenvalue weighted by atomic mass is 31.1. The largest absolute Gasteiger partial charge is 0.326 e. The van der Waals surface area contributed by atoms with Gasteiger partial charge in [0.25, 0.3) is 0 Å². The molecule has 0 bridgehead atoms. The van der Waals surface area contributed by atoms with Crippen LogP contribution < -0.4 is 53.1 Å². The molecule has 0 unspecified atom stereocenters. The third-order valence-corrected chi connectivity index (χ3v) is 24.4. The van der Waals surface area contributed by atoms with Gasteiger partial charge in [-0.2, -0.15) is 10.2 Å². The van der Waals surface area contributed by atoms with Crippen molar-refractivity contribution in [3.63, 3.8) is 0 Å². The Bertz CT molecular complexity index is 3000. The molecule has 2 amide bonds. The molecular formula is C72H70N6O2P4. The minimum Gasteiger partial charge on any atom is -0.326 e. The van der Waals surface area contributed by atoms with Gasteiger partial charge in [0.1, 0.15) is 0 Å². The van der Waals surface area contributed by atoms with Crippen molar-refractivity contribution >= 4 is 109 Å². The highest BCUT2D eigenvalue weighted by Crippen LogP contribution is 2.42. The topological polar surface area (TPSA) is 89.4 Å². The van der Waals surface area contributed by atoms with E-state index in [2.05, 4.69) is 273 Å². The number of carbonyl (C=O) groups is 2. The van der Waals surface area contributed by atoms with E-state index in [9.17, 15) is 9.59 Å². The lowest BCUT2D eigenvalue weighted by molar-refractivity contribution is -0.117. The molecule has 420 valence electrons. The summed E-state index contributed by atoms with van der Waals surface area (Å²) in [5.74, 6) is -0.0402. The van der Waals surface area contributed by atoms with E-state index in [4.69, 9.17) is 0 Å². The average molecular weight is 1180 g/mol. The third-order valence-electron chi connectivity index (χ3n) is 14.2. The minimum atomic E-state index is -0.682. The van der Waals surface area contributed by atoms with E-state index in [0.717, 1.165) is 51.1 Å². The predicted molar refractivity (Wildman–Crippen MR) is 362 cm³/mol. The second-order valence-electron chi connectivity index (χ2n) is 20.3. The number of carbonyl (C=O) groups excluding carboxylic acids is 2. The van der Waals surface area contributed by atoms with E-state index in [1.165, 1.54) is 42.4 Å². The Labute approximate surface area is 501 Å². The van der Waals surface area contributed by atoms with Gasteiger partial charge in [-0.15, -0.1) is 0 Å². The molecule has 10 rings (SSSR count). The number of anilines is 2. The fraction of sp³-hybridized carbons (Fsp3) is 0.139. The van der Waals surface area contributed by atoms with Crippen LogP contribution in [0.25, 0.3) is 0 Å². The molecule has 0 atom stereocenters. The number of rotatable bonds is 28. The Kier molecular flexibility index (Phi) is 22.6. The van der Waals surface area contributed by atoms with Crippen LogP contribution in [0.15, 0.2) is 301 Å². The third kappa shape index (κ3) is 17.9. The number of benzene rings is 10. The molecule has 0 spiro atoms. The molecule has 8 nitrogen and oxygen atoms in total. The molecular weight excluding hydrogens is 1100 g/mol. The average Bonchev–Trinajstić information content (AvgIpc) is 3.73. The molecule has 84 heavy (non-hydrogen) atoms. The van der Waals surface area contributed by atoms with E-state index in [1.807, 2.05) is 48.5 Å². The summed E-state index contributed by atoms with van der Waals surface area (Å²) in [6.07, 6.45) is 5.79. The fourth-order valence-corrected chi connectivity index (χ4v) is 19.6. The van der Waals surface area contributed by atoms with Crippen molar-refractivity contribution in [2.24, 2.45) is 10.2 Å². The molecule has 0 heterocycles. The molecule has 0 saturated carbocycles. The van der Waals surface area contributed by atoms with E-state index in [1.54, 1.807) is 0 Å². The monoisotopic (exact) mass is 1170 g/mol. The van der Waals surface area contributed by atoms with E-state index >= 15 is 0 Å². The van der Waals surface area contributed by atoms with E-state index in [-0.39, 0.29) is 11.8 Å². The summed E-state index contributed by atoms with van der Waals surface area (Å²) < 4.78 is 0. The summed E-state index contributed by atoms with van der Waals surface area (Å²) >= 11 is 0. The molecule has 10 aromatic carbocycles. The lowest BCUT2D eigenvalue weighted by Gasteiger charge is -2.32. The van der Waals surface area contributed by atoms with Crippen molar-refractivity contribution in [2.75, 3.05) is 48.9 Å². The lowest BCUT2D eigenvalue weighted by Crippen LogP contribution is -2.33. The molecule has 0 aromatic heterocycles. The zero-order valence-corrected chi connectivity index (χ0v) is 50.8. The molecule has 0 saturated heterocycles. The fourth-order valence-electron chi connectivity index (χ4n) is 10.00. The van der Waals surface area contributed by atoms with Gasteiger partial charge in [0.2, 0.25) is 11.8 Å². The quantitative estimate of drug-likeness (QED) is 0.0378. The van der Waals surface area contributed by atoms with Crippen LogP contribution >= 0.6 is 31.7 Å². The Balaban J connectivity index is 0.730. The van der Waals surface area contributed by atoms with Crippen molar-refractivity contribution < 1.29 is 9.59 Å². The number of nitrogens with one attached hydrogen (secondary N) is 2. The van der Waals surface area contributed by atoms with Crippen LogP contribution in [0.5, 0.6) is 0 Å². The van der Waals surface area contributed by atoms with Crippen molar-refractivity contribution in [1.82, 2.24) is 9.80 Å². The molecule has 2 N–H and O–H groups in total. The van der Waals surface area contributed by atoms with Crippen molar-refractivity contribution in [1.29, 1.82) is 0 Å². The van der Waals surface area contributed by atoms with Crippen molar-refractivity contribution in [2.45, 2.75) is 25.7 Å². The number of amides is 2. The second-order valence-corrected chi connectivity index (χ2v) is 29.0. The predicted octanol–water partition coefficient (Wildman–Crippen LogP) is 14.5. The summed E-state index contributed by atoms with van der Waals surface area (Å²) in [6.45, 7) is 1.57. The summed E-state index contributed by atoms with van der Waals surface area (Å²) in [5.41, 5.74) is 2.76. The van der Waals surface area contributed by atoms with Crippen LogP contribution in [0, 0.1) is 0 Å². The SMILES string of the molecule is O=C(CCCN(CP(c1ccccc1)c1ccccc1)CP(c1ccccc1)c1ccccc1)Nc1ccc(N=Nc2ccc(NC(=O)CCCN(CP(c3ccccc3)c3ccccc3)CP(c3ccccc3)c3ccccc3)cc2)cc1. The first-order chi connectivity index (χ1) is 41.5. The first-order valence-electron chi connectivity index (χ1n) is 28.6. The summed E-state index contributed by atoms with van der Waals surface area (Å²) in [7, 11) is -2.73. The van der Waals surface area contributed by atoms with Crippen LogP contribution in [0.1, 0.15) is 25.7 Å². The van der Waals surface area contributed by atoms with Gasteiger partial charge >= 0.3 is 0 Å². The van der Waals surface area contributed by atoms with Gasteiger partial charge in [-0.25, -0.2) is 0 Å². The van der Waals surface area contributed by atoms with Gasteiger partial charge in [0.15, 0.2) is 0 Å².